The molecule has 0 radical (unpaired) electrons. The standard InChI is InChI=1S/C23H19ClN2O3/c24-19-11-7-16(8-12-19)13-25-23(28)18-9-5-17(6-10-18)14-26-20-3-1-2-4-21(20)29-15-22(26)27/h1-12H,13-15H2,(H,25,28). The van der Waals surface area contributed by atoms with E-state index in [-0.39, 0.29) is 18.4 Å². The van der Waals surface area contributed by atoms with Crippen molar-refractivity contribution in [2.45, 2.75) is 13.1 Å². The zero-order valence-electron chi connectivity index (χ0n) is 15.6. The van der Waals surface area contributed by atoms with Crippen LogP contribution < -0.4 is 15.0 Å². The Labute approximate surface area is 173 Å². The fourth-order valence-corrected chi connectivity index (χ4v) is 3.28. The van der Waals surface area contributed by atoms with Gasteiger partial charge in [-0.1, -0.05) is 48.0 Å². The summed E-state index contributed by atoms with van der Waals surface area (Å²) in [5.74, 6) is 0.457. The first-order chi connectivity index (χ1) is 14.1. The van der Waals surface area contributed by atoms with Crippen molar-refractivity contribution in [2.75, 3.05) is 11.5 Å². The Morgan fingerprint density at radius 1 is 0.966 bits per heavy atom. The van der Waals surface area contributed by atoms with Crippen molar-refractivity contribution in [2.24, 2.45) is 0 Å². The minimum Gasteiger partial charge on any atom is -0.482 e. The van der Waals surface area contributed by atoms with Crippen molar-refractivity contribution in [1.82, 2.24) is 5.32 Å². The maximum atomic E-state index is 12.4. The number of fused-ring (bicyclic) bond motifs is 1. The van der Waals surface area contributed by atoms with Crippen LogP contribution in [0.1, 0.15) is 21.5 Å². The molecule has 29 heavy (non-hydrogen) atoms. The van der Waals surface area contributed by atoms with Crippen LogP contribution in [-0.2, 0) is 17.9 Å². The summed E-state index contributed by atoms with van der Waals surface area (Å²) in [6, 6.07) is 22.1. The van der Waals surface area contributed by atoms with E-state index in [2.05, 4.69) is 5.32 Å². The van der Waals surface area contributed by atoms with Crippen molar-refractivity contribution in [3.8, 4) is 5.75 Å². The average Bonchev–Trinajstić information content (AvgIpc) is 2.75. The second-order valence-corrected chi connectivity index (χ2v) is 7.18. The van der Waals surface area contributed by atoms with Crippen LogP contribution in [0.25, 0.3) is 0 Å². The molecule has 2 amide bonds. The van der Waals surface area contributed by atoms with Gasteiger partial charge in [0.05, 0.1) is 12.2 Å². The van der Waals surface area contributed by atoms with Crippen molar-refractivity contribution in [3.05, 3.63) is 94.5 Å². The molecule has 1 aliphatic rings. The summed E-state index contributed by atoms with van der Waals surface area (Å²) < 4.78 is 5.47. The van der Waals surface area contributed by atoms with Crippen LogP contribution in [0, 0.1) is 0 Å². The number of hydrogen-bond acceptors (Lipinski definition) is 3. The molecule has 0 saturated carbocycles. The molecular formula is C23H19ClN2O3. The summed E-state index contributed by atoms with van der Waals surface area (Å²) >= 11 is 5.87. The fourth-order valence-electron chi connectivity index (χ4n) is 3.16. The summed E-state index contributed by atoms with van der Waals surface area (Å²) in [6.45, 7) is 0.880. The fraction of sp³-hybridized carbons (Fsp3) is 0.130. The molecule has 0 bridgehead atoms. The Hall–Kier alpha value is -3.31. The largest absolute Gasteiger partial charge is 0.482 e. The Kier molecular flexibility index (Phi) is 5.49. The first-order valence-electron chi connectivity index (χ1n) is 9.24. The second kappa shape index (κ2) is 8.37. The molecule has 0 aromatic heterocycles. The molecule has 4 rings (SSSR count). The highest BCUT2D eigenvalue weighted by Gasteiger charge is 2.25. The summed E-state index contributed by atoms with van der Waals surface area (Å²) in [6.07, 6.45) is 0. The van der Waals surface area contributed by atoms with E-state index in [0.717, 1.165) is 16.8 Å². The minimum atomic E-state index is -0.153. The van der Waals surface area contributed by atoms with Crippen molar-refractivity contribution >= 4 is 29.1 Å². The number of anilines is 1. The van der Waals surface area contributed by atoms with Crippen LogP contribution >= 0.6 is 11.6 Å². The molecule has 0 saturated heterocycles. The number of nitrogens with zero attached hydrogens (tertiary/aromatic N) is 1. The smallest absolute Gasteiger partial charge is 0.265 e. The number of benzene rings is 3. The lowest BCUT2D eigenvalue weighted by atomic mass is 10.1. The van der Waals surface area contributed by atoms with Gasteiger partial charge in [0.2, 0.25) is 0 Å². The van der Waals surface area contributed by atoms with Crippen molar-refractivity contribution in [1.29, 1.82) is 0 Å². The highest BCUT2D eigenvalue weighted by molar-refractivity contribution is 6.30. The second-order valence-electron chi connectivity index (χ2n) is 6.74. The van der Waals surface area contributed by atoms with Crippen LogP contribution in [0.5, 0.6) is 5.75 Å². The van der Waals surface area contributed by atoms with E-state index >= 15 is 0 Å². The van der Waals surface area contributed by atoms with Crippen LogP contribution in [0.4, 0.5) is 5.69 Å². The van der Waals surface area contributed by atoms with Gasteiger partial charge in [-0.2, -0.15) is 0 Å². The van der Waals surface area contributed by atoms with Gasteiger partial charge in [-0.25, -0.2) is 0 Å². The first kappa shape index (κ1) is 19.0. The monoisotopic (exact) mass is 406 g/mol. The predicted molar refractivity (Wildman–Crippen MR) is 112 cm³/mol. The molecule has 0 spiro atoms. The molecule has 5 nitrogen and oxygen atoms in total. The number of carbonyl (C=O) groups is 2. The van der Waals surface area contributed by atoms with E-state index in [0.29, 0.717) is 29.4 Å². The lowest BCUT2D eigenvalue weighted by Gasteiger charge is -2.29. The Bertz CT molecular complexity index is 1030. The molecular weight excluding hydrogens is 388 g/mol. The van der Waals surface area contributed by atoms with Gasteiger partial charge in [0.15, 0.2) is 6.61 Å². The number of carbonyl (C=O) groups excluding carboxylic acids is 2. The Morgan fingerprint density at radius 2 is 1.66 bits per heavy atom. The maximum Gasteiger partial charge on any atom is 0.265 e. The van der Waals surface area contributed by atoms with Gasteiger partial charge in [-0.05, 0) is 47.5 Å². The van der Waals surface area contributed by atoms with E-state index in [1.165, 1.54) is 0 Å². The topological polar surface area (TPSA) is 58.6 Å². The van der Waals surface area contributed by atoms with Gasteiger partial charge in [0.25, 0.3) is 11.8 Å². The quantitative estimate of drug-likeness (QED) is 0.691. The molecule has 6 heteroatoms. The van der Waals surface area contributed by atoms with E-state index in [1.54, 1.807) is 29.2 Å². The van der Waals surface area contributed by atoms with Crippen LogP contribution in [0.15, 0.2) is 72.8 Å². The zero-order valence-corrected chi connectivity index (χ0v) is 16.4. The molecule has 3 aromatic carbocycles. The zero-order chi connectivity index (χ0) is 20.2. The third-order valence-corrected chi connectivity index (χ3v) is 4.98. The molecule has 0 aliphatic carbocycles. The van der Waals surface area contributed by atoms with Crippen LogP contribution in [-0.4, -0.2) is 18.4 Å². The van der Waals surface area contributed by atoms with Crippen molar-refractivity contribution in [3.63, 3.8) is 0 Å². The summed E-state index contributed by atoms with van der Waals surface area (Å²) in [5, 5.41) is 3.56. The normalized spacial score (nSPS) is 12.9. The van der Waals surface area contributed by atoms with E-state index in [4.69, 9.17) is 16.3 Å². The first-order valence-corrected chi connectivity index (χ1v) is 9.62. The Morgan fingerprint density at radius 3 is 2.41 bits per heavy atom. The van der Waals surface area contributed by atoms with E-state index < -0.39 is 0 Å². The van der Waals surface area contributed by atoms with Gasteiger partial charge in [0.1, 0.15) is 5.75 Å². The molecule has 1 N–H and O–H groups in total. The number of hydrogen-bond donors (Lipinski definition) is 1. The average molecular weight is 407 g/mol. The molecule has 146 valence electrons. The van der Waals surface area contributed by atoms with Gasteiger partial charge in [-0.3, -0.25) is 9.59 Å². The number of amides is 2. The van der Waals surface area contributed by atoms with E-state index in [1.807, 2.05) is 48.5 Å². The minimum absolute atomic E-state index is 0.0300. The predicted octanol–water partition coefficient (Wildman–Crippen LogP) is 4.20. The summed E-state index contributed by atoms with van der Waals surface area (Å²) in [4.78, 5) is 26.4. The lowest BCUT2D eigenvalue weighted by molar-refractivity contribution is -0.121. The number of rotatable bonds is 5. The van der Waals surface area contributed by atoms with E-state index in [9.17, 15) is 9.59 Å². The van der Waals surface area contributed by atoms with Crippen molar-refractivity contribution < 1.29 is 14.3 Å². The summed E-state index contributed by atoms with van der Waals surface area (Å²) in [5.41, 5.74) is 3.23. The lowest BCUT2D eigenvalue weighted by Crippen LogP contribution is -2.38. The third kappa shape index (κ3) is 4.41. The van der Waals surface area contributed by atoms with Gasteiger partial charge in [-0.15, -0.1) is 0 Å². The van der Waals surface area contributed by atoms with Crippen LogP contribution in [0.2, 0.25) is 5.02 Å². The third-order valence-electron chi connectivity index (χ3n) is 4.73. The highest BCUT2D eigenvalue weighted by atomic mass is 35.5. The molecule has 1 heterocycles. The molecule has 0 fully saturated rings. The summed E-state index contributed by atoms with van der Waals surface area (Å²) in [7, 11) is 0. The molecule has 0 atom stereocenters. The Balaban J connectivity index is 1.41. The number of nitrogens with one attached hydrogen (secondary N) is 1. The van der Waals surface area contributed by atoms with Gasteiger partial charge < -0.3 is 15.0 Å². The number of para-hydroxylation sites is 2. The SMILES string of the molecule is O=C(NCc1ccc(Cl)cc1)c1ccc(CN2C(=O)COc3ccccc32)cc1. The maximum absolute atomic E-state index is 12.4. The number of halogens is 1. The molecule has 3 aromatic rings. The van der Waals surface area contributed by atoms with Gasteiger partial charge >= 0.3 is 0 Å². The molecule has 1 aliphatic heterocycles. The number of ether oxygens (including phenoxy) is 1. The molecule has 0 unspecified atom stereocenters. The highest BCUT2D eigenvalue weighted by Crippen LogP contribution is 2.32. The van der Waals surface area contributed by atoms with Gasteiger partial charge in [0, 0.05) is 17.1 Å². The van der Waals surface area contributed by atoms with Crippen LogP contribution in [0.3, 0.4) is 0 Å².